The van der Waals surface area contributed by atoms with Gasteiger partial charge in [-0.05, 0) is 42.2 Å². The van der Waals surface area contributed by atoms with E-state index in [0.29, 0.717) is 10.0 Å². The second-order valence-corrected chi connectivity index (χ2v) is 6.16. The largest absolute Gasteiger partial charge is 0.389 e. The number of hydrogen-bond acceptors (Lipinski definition) is 2. The fourth-order valence-electron chi connectivity index (χ4n) is 2.89. The average molecular weight is 317 g/mol. The Balaban J connectivity index is 1.91. The zero-order chi connectivity index (χ0) is 14.8. The Bertz CT molecular complexity index is 657. The Morgan fingerprint density at radius 2 is 1.67 bits per heavy atom. The molecule has 0 saturated carbocycles. The van der Waals surface area contributed by atoms with Gasteiger partial charge in [-0.25, -0.2) is 0 Å². The maximum Gasteiger partial charge on any atom is 0.106 e. The van der Waals surface area contributed by atoms with E-state index in [1.54, 1.807) is 0 Å². The molecule has 0 unspecified atom stereocenters. The minimum absolute atomic E-state index is 0.397. The van der Waals surface area contributed by atoms with Crippen LogP contribution >= 0.6 is 23.8 Å². The summed E-state index contributed by atoms with van der Waals surface area (Å²) in [6.07, 6.45) is 2.07. The third-order valence-corrected chi connectivity index (χ3v) is 4.44. The molecule has 0 spiro atoms. The van der Waals surface area contributed by atoms with Crippen LogP contribution < -0.4 is 10.6 Å². The van der Waals surface area contributed by atoms with Gasteiger partial charge >= 0.3 is 0 Å². The summed E-state index contributed by atoms with van der Waals surface area (Å²) in [6.45, 7) is 1.93. The molecule has 0 aromatic heterocycles. The molecule has 2 N–H and O–H groups in total. The van der Waals surface area contributed by atoms with Gasteiger partial charge in [0.1, 0.15) is 4.99 Å². The molecule has 1 aliphatic heterocycles. The van der Waals surface area contributed by atoms with Crippen LogP contribution in [0.3, 0.4) is 0 Å². The van der Waals surface area contributed by atoms with Crippen molar-refractivity contribution in [3.05, 3.63) is 64.2 Å². The molecule has 2 aromatic rings. The van der Waals surface area contributed by atoms with E-state index < -0.39 is 0 Å². The van der Waals surface area contributed by atoms with Crippen LogP contribution in [0.25, 0.3) is 0 Å². The number of anilines is 1. The summed E-state index contributed by atoms with van der Waals surface area (Å²) < 4.78 is 0. The highest BCUT2D eigenvalue weighted by Crippen LogP contribution is 2.27. The summed E-state index contributed by atoms with van der Waals surface area (Å²) in [7, 11) is 0. The normalized spacial score (nSPS) is 14.4. The molecule has 2 nitrogen and oxygen atoms in total. The van der Waals surface area contributed by atoms with Gasteiger partial charge in [-0.3, -0.25) is 0 Å². The van der Waals surface area contributed by atoms with Gasteiger partial charge in [0, 0.05) is 29.4 Å². The second-order valence-electron chi connectivity index (χ2n) is 5.28. The van der Waals surface area contributed by atoms with E-state index in [2.05, 4.69) is 29.2 Å². The first-order valence-corrected chi connectivity index (χ1v) is 7.85. The van der Waals surface area contributed by atoms with Crippen molar-refractivity contribution in [3.63, 3.8) is 0 Å². The maximum atomic E-state index is 6.07. The third kappa shape index (κ3) is 3.04. The molecule has 0 fully saturated rings. The van der Waals surface area contributed by atoms with Crippen LogP contribution in [0.2, 0.25) is 5.02 Å². The Hall–Kier alpha value is -1.58. The number of rotatable bonds is 2. The summed E-state index contributed by atoms with van der Waals surface area (Å²) in [4.78, 5) is 2.75. The summed E-state index contributed by atoms with van der Waals surface area (Å²) >= 11 is 11.2. The van der Waals surface area contributed by atoms with Crippen LogP contribution in [0.5, 0.6) is 0 Å². The first kappa shape index (κ1) is 14.4. The summed E-state index contributed by atoms with van der Waals surface area (Å²) in [5.41, 5.74) is 10.7. The van der Waals surface area contributed by atoms with Crippen LogP contribution in [0.1, 0.15) is 16.7 Å². The lowest BCUT2D eigenvalue weighted by molar-refractivity contribution is 0.805. The van der Waals surface area contributed by atoms with Crippen molar-refractivity contribution in [2.24, 2.45) is 5.73 Å². The van der Waals surface area contributed by atoms with Gasteiger partial charge in [-0.1, -0.05) is 48.1 Å². The number of fused-ring (bicyclic) bond motifs is 1. The Morgan fingerprint density at radius 3 is 2.24 bits per heavy atom. The SMILES string of the molecule is NC(=S)c1cc(Cl)ccc1N1CCc2ccccc2CC1. The molecule has 2 aromatic carbocycles. The van der Waals surface area contributed by atoms with Gasteiger partial charge in [-0.2, -0.15) is 0 Å². The van der Waals surface area contributed by atoms with Gasteiger partial charge < -0.3 is 10.6 Å². The van der Waals surface area contributed by atoms with Crippen molar-refractivity contribution in [1.82, 2.24) is 0 Å². The van der Waals surface area contributed by atoms with Crippen molar-refractivity contribution >= 4 is 34.5 Å². The quantitative estimate of drug-likeness (QED) is 0.859. The van der Waals surface area contributed by atoms with E-state index >= 15 is 0 Å². The molecule has 0 aliphatic carbocycles. The Kier molecular flexibility index (Phi) is 4.13. The Morgan fingerprint density at radius 1 is 1.05 bits per heavy atom. The molecule has 1 heterocycles. The second kappa shape index (κ2) is 6.04. The van der Waals surface area contributed by atoms with Crippen LogP contribution in [0, 0.1) is 0 Å². The number of halogens is 1. The molecule has 0 saturated heterocycles. The van der Waals surface area contributed by atoms with Gasteiger partial charge in [0.25, 0.3) is 0 Å². The predicted molar refractivity (Wildman–Crippen MR) is 93.4 cm³/mol. The highest BCUT2D eigenvalue weighted by atomic mass is 35.5. The van der Waals surface area contributed by atoms with E-state index in [1.165, 1.54) is 11.1 Å². The molecular formula is C17H17ClN2S. The zero-order valence-electron chi connectivity index (χ0n) is 11.7. The van der Waals surface area contributed by atoms with Gasteiger partial charge in [-0.15, -0.1) is 0 Å². The van der Waals surface area contributed by atoms with Crippen molar-refractivity contribution in [3.8, 4) is 0 Å². The van der Waals surface area contributed by atoms with Crippen LogP contribution in [0.15, 0.2) is 42.5 Å². The zero-order valence-corrected chi connectivity index (χ0v) is 13.3. The number of nitrogens with two attached hydrogens (primary N) is 1. The summed E-state index contributed by atoms with van der Waals surface area (Å²) in [6, 6.07) is 14.4. The first-order chi connectivity index (χ1) is 10.1. The lowest BCUT2D eigenvalue weighted by Crippen LogP contribution is -2.28. The highest BCUT2D eigenvalue weighted by Gasteiger charge is 2.17. The number of nitrogens with zero attached hydrogens (tertiary/aromatic N) is 1. The molecular weight excluding hydrogens is 300 g/mol. The summed E-state index contributed by atoms with van der Waals surface area (Å²) in [5, 5.41) is 0.666. The van der Waals surface area contributed by atoms with Crippen molar-refractivity contribution in [2.45, 2.75) is 12.8 Å². The van der Waals surface area contributed by atoms with E-state index in [9.17, 15) is 0 Å². The number of thiocarbonyl (C=S) groups is 1. The molecule has 0 bridgehead atoms. The lowest BCUT2D eigenvalue weighted by atomic mass is 10.0. The lowest BCUT2D eigenvalue weighted by Gasteiger charge is -2.25. The van der Waals surface area contributed by atoms with E-state index in [-0.39, 0.29) is 0 Å². The smallest absolute Gasteiger partial charge is 0.106 e. The average Bonchev–Trinajstić information content (AvgIpc) is 2.70. The predicted octanol–water partition coefficient (Wildman–Crippen LogP) is 3.58. The molecule has 0 atom stereocenters. The van der Waals surface area contributed by atoms with Gasteiger partial charge in [0.05, 0.1) is 0 Å². The van der Waals surface area contributed by atoms with Crippen LogP contribution in [0.4, 0.5) is 5.69 Å². The molecule has 1 aliphatic rings. The van der Waals surface area contributed by atoms with Gasteiger partial charge in [0.2, 0.25) is 0 Å². The van der Waals surface area contributed by atoms with Crippen molar-refractivity contribution < 1.29 is 0 Å². The monoisotopic (exact) mass is 316 g/mol. The van der Waals surface area contributed by atoms with Crippen LogP contribution in [-0.4, -0.2) is 18.1 Å². The summed E-state index contributed by atoms with van der Waals surface area (Å²) in [5.74, 6) is 0. The minimum atomic E-state index is 0.397. The molecule has 21 heavy (non-hydrogen) atoms. The van der Waals surface area contributed by atoms with Crippen molar-refractivity contribution in [1.29, 1.82) is 0 Å². The number of hydrogen-bond donors (Lipinski definition) is 1. The fourth-order valence-corrected chi connectivity index (χ4v) is 3.23. The highest BCUT2D eigenvalue weighted by molar-refractivity contribution is 7.80. The van der Waals surface area contributed by atoms with Crippen molar-refractivity contribution in [2.75, 3.05) is 18.0 Å². The fraction of sp³-hybridized carbons (Fsp3) is 0.235. The molecule has 0 radical (unpaired) electrons. The minimum Gasteiger partial charge on any atom is -0.389 e. The molecule has 0 amide bonds. The number of benzene rings is 2. The molecule has 4 heteroatoms. The first-order valence-electron chi connectivity index (χ1n) is 7.06. The standard InChI is InChI=1S/C17H17ClN2S/c18-14-5-6-16(15(11-14)17(19)21)20-9-7-12-3-1-2-4-13(12)8-10-20/h1-6,11H,7-10H2,(H2,19,21). The molecule has 3 rings (SSSR count). The van der Waals surface area contributed by atoms with E-state index in [0.717, 1.165) is 37.2 Å². The third-order valence-electron chi connectivity index (χ3n) is 3.99. The molecule has 108 valence electrons. The van der Waals surface area contributed by atoms with E-state index in [1.807, 2.05) is 18.2 Å². The van der Waals surface area contributed by atoms with Gasteiger partial charge in [0.15, 0.2) is 0 Å². The maximum absolute atomic E-state index is 6.07. The van der Waals surface area contributed by atoms with Crippen LogP contribution in [-0.2, 0) is 12.8 Å². The Labute approximate surface area is 135 Å². The topological polar surface area (TPSA) is 29.3 Å². The van der Waals surface area contributed by atoms with E-state index in [4.69, 9.17) is 29.6 Å².